The highest BCUT2D eigenvalue weighted by molar-refractivity contribution is 7.92. The summed E-state index contributed by atoms with van der Waals surface area (Å²) in [5.74, 6) is -0.0283. The second kappa shape index (κ2) is 7.99. The maximum absolute atomic E-state index is 12.8. The van der Waals surface area contributed by atoms with Crippen LogP contribution in [-0.4, -0.2) is 18.4 Å². The molecule has 0 radical (unpaired) electrons. The van der Waals surface area contributed by atoms with Crippen LogP contribution in [-0.2, 0) is 10.0 Å². The molecule has 0 spiro atoms. The van der Waals surface area contributed by atoms with E-state index in [4.69, 9.17) is 58.0 Å². The molecule has 27 heavy (non-hydrogen) atoms. The molecule has 3 rings (SSSR count). The van der Waals surface area contributed by atoms with Crippen molar-refractivity contribution in [1.29, 1.82) is 0 Å². The maximum atomic E-state index is 12.8. The fourth-order valence-corrected chi connectivity index (χ4v) is 4.58. The number of sulfonamides is 1. The van der Waals surface area contributed by atoms with Gasteiger partial charge in [-0.2, -0.15) is 0 Å². The second-order valence-corrected chi connectivity index (χ2v) is 8.78. The molecule has 0 atom stereocenters. The summed E-state index contributed by atoms with van der Waals surface area (Å²) in [6.45, 7) is 0. The molecule has 140 valence electrons. The van der Waals surface area contributed by atoms with E-state index in [-0.39, 0.29) is 36.5 Å². The summed E-state index contributed by atoms with van der Waals surface area (Å²) in [5, 5.41) is 0.430. The summed E-state index contributed by atoms with van der Waals surface area (Å²) in [5.41, 5.74) is 0.860. The minimum atomic E-state index is -4.14. The van der Waals surface area contributed by atoms with Gasteiger partial charge in [-0.1, -0.05) is 70.1 Å². The number of nitrogens with one attached hydrogen (secondary N) is 1. The van der Waals surface area contributed by atoms with Gasteiger partial charge in [0, 0.05) is 5.02 Å². The number of hydrogen-bond acceptors (Lipinski definition) is 4. The normalized spacial score (nSPS) is 11.4. The van der Waals surface area contributed by atoms with Crippen LogP contribution in [0.5, 0.6) is 0 Å². The van der Waals surface area contributed by atoms with E-state index in [1.54, 1.807) is 24.3 Å². The van der Waals surface area contributed by atoms with Crippen molar-refractivity contribution in [3.8, 4) is 11.1 Å². The van der Waals surface area contributed by atoms with Crippen LogP contribution in [0.15, 0.2) is 47.6 Å². The first kappa shape index (κ1) is 20.5. The molecule has 0 saturated carbocycles. The minimum Gasteiger partial charge on any atom is -0.263 e. The Hall–Kier alpha value is -1.28. The van der Waals surface area contributed by atoms with Crippen molar-refractivity contribution in [1.82, 2.24) is 9.97 Å². The summed E-state index contributed by atoms with van der Waals surface area (Å²) in [6, 6.07) is 9.16. The lowest BCUT2D eigenvalue weighted by Gasteiger charge is -2.14. The molecule has 3 aromatic rings. The lowest BCUT2D eigenvalue weighted by atomic mass is 10.1. The van der Waals surface area contributed by atoms with Crippen LogP contribution in [0.25, 0.3) is 11.1 Å². The van der Waals surface area contributed by atoms with Crippen LogP contribution in [0.2, 0.25) is 25.2 Å². The van der Waals surface area contributed by atoms with Crippen LogP contribution in [0.4, 0.5) is 5.82 Å². The second-order valence-electron chi connectivity index (χ2n) is 5.17. The highest BCUT2D eigenvalue weighted by Crippen LogP contribution is 2.37. The minimum absolute atomic E-state index is 0.0283. The Labute approximate surface area is 180 Å². The maximum Gasteiger partial charge on any atom is 0.264 e. The van der Waals surface area contributed by atoms with E-state index in [0.717, 1.165) is 6.33 Å². The van der Waals surface area contributed by atoms with E-state index in [0.29, 0.717) is 10.6 Å². The summed E-state index contributed by atoms with van der Waals surface area (Å²) >= 11 is 29.9. The number of anilines is 1. The van der Waals surface area contributed by atoms with Gasteiger partial charge < -0.3 is 0 Å². The Bertz CT molecular complexity index is 1120. The van der Waals surface area contributed by atoms with Crippen LogP contribution in [0, 0.1) is 0 Å². The zero-order valence-electron chi connectivity index (χ0n) is 13.1. The third-order valence-electron chi connectivity index (χ3n) is 3.45. The van der Waals surface area contributed by atoms with Gasteiger partial charge in [-0.15, -0.1) is 0 Å². The Kier molecular flexibility index (Phi) is 6.05. The molecule has 1 N–H and O–H groups in total. The molecule has 11 heteroatoms. The van der Waals surface area contributed by atoms with Gasteiger partial charge in [0.25, 0.3) is 10.0 Å². The molecule has 1 heterocycles. The first-order valence-electron chi connectivity index (χ1n) is 7.13. The summed E-state index contributed by atoms with van der Waals surface area (Å²) in [7, 11) is -4.14. The molecule has 0 bridgehead atoms. The van der Waals surface area contributed by atoms with Gasteiger partial charge in [0.1, 0.15) is 16.4 Å². The Morgan fingerprint density at radius 1 is 0.815 bits per heavy atom. The number of benzene rings is 2. The van der Waals surface area contributed by atoms with Crippen LogP contribution < -0.4 is 4.72 Å². The fraction of sp³-hybridized carbons (Fsp3) is 0. The fourth-order valence-electron chi connectivity index (χ4n) is 2.21. The van der Waals surface area contributed by atoms with Gasteiger partial charge in [-0.05, 0) is 29.8 Å². The Balaban J connectivity index is 2.10. The molecule has 0 fully saturated rings. The van der Waals surface area contributed by atoms with E-state index in [9.17, 15) is 8.42 Å². The first-order chi connectivity index (χ1) is 12.7. The smallest absolute Gasteiger partial charge is 0.263 e. The molecule has 0 aliphatic rings. The number of rotatable bonds is 4. The lowest BCUT2D eigenvalue weighted by Crippen LogP contribution is -2.15. The van der Waals surface area contributed by atoms with Gasteiger partial charge in [0.05, 0.1) is 20.6 Å². The van der Waals surface area contributed by atoms with Gasteiger partial charge >= 0.3 is 0 Å². The molecule has 0 unspecified atom stereocenters. The Morgan fingerprint density at radius 2 is 1.48 bits per heavy atom. The van der Waals surface area contributed by atoms with Gasteiger partial charge in [0.15, 0.2) is 5.82 Å². The van der Waals surface area contributed by atoms with Crippen LogP contribution in [0.3, 0.4) is 0 Å². The molecule has 2 aromatic carbocycles. The lowest BCUT2D eigenvalue weighted by molar-refractivity contribution is 0.601. The standard InChI is InChI=1S/C16H8Cl5N3O2S/c17-9-3-1-8(2-4-9)12-15(21)22-7-23-16(12)24-27(25,26)11-6-5-10(18)13(19)14(11)20/h1-7H,(H,22,23,24). The first-order valence-corrected chi connectivity index (χ1v) is 10.5. The van der Waals surface area contributed by atoms with E-state index in [1.807, 2.05) is 0 Å². The van der Waals surface area contributed by atoms with Crippen molar-refractivity contribution in [2.75, 3.05) is 4.72 Å². The van der Waals surface area contributed by atoms with Crippen molar-refractivity contribution in [2.45, 2.75) is 4.90 Å². The number of nitrogens with zero attached hydrogens (tertiary/aromatic N) is 2. The average molecular weight is 484 g/mol. The molecule has 0 saturated heterocycles. The number of aromatic nitrogens is 2. The third kappa shape index (κ3) is 4.26. The highest BCUT2D eigenvalue weighted by Gasteiger charge is 2.24. The SMILES string of the molecule is O=S(=O)(Nc1ncnc(Cl)c1-c1ccc(Cl)cc1)c1ccc(Cl)c(Cl)c1Cl. The van der Waals surface area contributed by atoms with Crippen molar-refractivity contribution in [2.24, 2.45) is 0 Å². The molecular weight excluding hydrogens is 476 g/mol. The van der Waals surface area contributed by atoms with Crippen molar-refractivity contribution < 1.29 is 8.42 Å². The van der Waals surface area contributed by atoms with Gasteiger partial charge in [0.2, 0.25) is 0 Å². The van der Waals surface area contributed by atoms with Crippen molar-refractivity contribution in [3.63, 3.8) is 0 Å². The van der Waals surface area contributed by atoms with E-state index in [2.05, 4.69) is 14.7 Å². The molecule has 0 aliphatic heterocycles. The van der Waals surface area contributed by atoms with Crippen LogP contribution >= 0.6 is 58.0 Å². The number of halogens is 5. The molecular formula is C16H8Cl5N3O2S. The topological polar surface area (TPSA) is 72.0 Å². The van der Waals surface area contributed by atoms with E-state index >= 15 is 0 Å². The van der Waals surface area contributed by atoms with E-state index < -0.39 is 10.0 Å². The predicted molar refractivity (Wildman–Crippen MR) is 110 cm³/mol. The quantitative estimate of drug-likeness (QED) is 0.354. The van der Waals surface area contributed by atoms with Crippen molar-refractivity contribution in [3.05, 3.63) is 68.0 Å². The average Bonchev–Trinajstić information content (AvgIpc) is 2.60. The van der Waals surface area contributed by atoms with Gasteiger partial charge in [-0.3, -0.25) is 4.72 Å². The number of hydrogen-bond donors (Lipinski definition) is 1. The summed E-state index contributed by atoms with van der Waals surface area (Å²) in [4.78, 5) is 7.65. The largest absolute Gasteiger partial charge is 0.264 e. The Morgan fingerprint density at radius 3 is 2.15 bits per heavy atom. The van der Waals surface area contributed by atoms with Crippen molar-refractivity contribution >= 4 is 73.8 Å². The summed E-state index contributed by atoms with van der Waals surface area (Å²) < 4.78 is 28.0. The third-order valence-corrected chi connectivity index (χ3v) is 6.78. The van der Waals surface area contributed by atoms with E-state index in [1.165, 1.54) is 12.1 Å². The van der Waals surface area contributed by atoms with Gasteiger partial charge in [-0.25, -0.2) is 18.4 Å². The predicted octanol–water partition coefficient (Wildman–Crippen LogP) is 6.21. The van der Waals surface area contributed by atoms with Crippen LogP contribution in [0.1, 0.15) is 0 Å². The monoisotopic (exact) mass is 481 g/mol. The zero-order chi connectivity index (χ0) is 19.8. The molecule has 1 aromatic heterocycles. The zero-order valence-corrected chi connectivity index (χ0v) is 17.6. The molecule has 5 nitrogen and oxygen atoms in total. The summed E-state index contributed by atoms with van der Waals surface area (Å²) in [6.07, 6.45) is 1.13. The highest BCUT2D eigenvalue weighted by atomic mass is 35.5. The molecule has 0 aliphatic carbocycles. The molecule has 0 amide bonds.